The summed E-state index contributed by atoms with van der Waals surface area (Å²) in [6.07, 6.45) is 4.67. The number of rotatable bonds is 6. The van der Waals surface area contributed by atoms with Gasteiger partial charge in [0.15, 0.2) is 0 Å². The number of nitrogens with zero attached hydrogens (tertiary/aromatic N) is 5. The second kappa shape index (κ2) is 6.82. The summed E-state index contributed by atoms with van der Waals surface area (Å²) in [5, 5.41) is 19.2. The van der Waals surface area contributed by atoms with Gasteiger partial charge in [0.05, 0.1) is 11.4 Å². The number of hydrogen-bond donors (Lipinski definition) is 2. The van der Waals surface area contributed by atoms with Gasteiger partial charge in [0.2, 0.25) is 0 Å². The fourth-order valence-electron chi connectivity index (χ4n) is 3.35. The second-order valence-corrected chi connectivity index (χ2v) is 6.76. The highest BCUT2D eigenvalue weighted by molar-refractivity contribution is 6.43. The van der Waals surface area contributed by atoms with Gasteiger partial charge in [-0.1, -0.05) is 6.42 Å². The van der Waals surface area contributed by atoms with Crippen molar-refractivity contribution in [2.45, 2.75) is 31.1 Å². The highest BCUT2D eigenvalue weighted by Crippen LogP contribution is 2.43. The van der Waals surface area contributed by atoms with Gasteiger partial charge in [0.1, 0.15) is 23.0 Å². The molecule has 3 N–H and O–H groups in total. The summed E-state index contributed by atoms with van der Waals surface area (Å²) in [4.78, 5) is 15.4. The summed E-state index contributed by atoms with van der Waals surface area (Å²) < 4.78 is 14.2. The highest BCUT2D eigenvalue weighted by Gasteiger charge is 2.41. The first-order valence-corrected chi connectivity index (χ1v) is 8.70. The molecule has 0 saturated heterocycles. The van der Waals surface area contributed by atoms with Crippen LogP contribution >= 0.6 is 0 Å². The predicted octanol–water partition coefficient (Wildman–Crippen LogP) is 1.58. The number of amides is 1. The molecule has 1 aliphatic carbocycles. The molecule has 0 atom stereocenters. The van der Waals surface area contributed by atoms with Gasteiger partial charge in [-0.25, -0.2) is 4.39 Å². The van der Waals surface area contributed by atoms with E-state index in [0.717, 1.165) is 19.3 Å². The van der Waals surface area contributed by atoms with Crippen LogP contribution in [0.2, 0.25) is 0 Å². The lowest BCUT2D eigenvalue weighted by molar-refractivity contribution is -0.112. The zero-order chi connectivity index (χ0) is 18.9. The lowest BCUT2D eigenvalue weighted by Crippen LogP contribution is -2.42. The molecule has 1 fully saturated rings. The van der Waals surface area contributed by atoms with Gasteiger partial charge in [0.25, 0.3) is 5.91 Å². The molecule has 2 aliphatic rings. The Balaban J connectivity index is 1.42. The largest absolute Gasteiger partial charge is 0.368 e. The lowest BCUT2D eigenvalue weighted by atomic mass is 9.66. The SMILES string of the molecule is NC(=O)C1=NN=C(c2ccc(NCC3(c4ncccc4F)CCC3)nn2)C1. The number of anilines is 1. The van der Waals surface area contributed by atoms with Crippen LogP contribution in [0.5, 0.6) is 0 Å². The molecule has 1 saturated carbocycles. The molecule has 2 aromatic rings. The van der Waals surface area contributed by atoms with E-state index in [9.17, 15) is 9.18 Å². The number of hydrogen-bond acceptors (Lipinski definition) is 7. The van der Waals surface area contributed by atoms with E-state index in [1.165, 1.54) is 6.07 Å². The van der Waals surface area contributed by atoms with Gasteiger partial charge in [0, 0.05) is 24.6 Å². The molecule has 8 nitrogen and oxygen atoms in total. The van der Waals surface area contributed by atoms with E-state index in [2.05, 4.69) is 30.7 Å². The van der Waals surface area contributed by atoms with Gasteiger partial charge in [-0.3, -0.25) is 9.78 Å². The molecule has 0 spiro atoms. The van der Waals surface area contributed by atoms with Crippen LogP contribution in [0, 0.1) is 5.82 Å². The third-order valence-corrected chi connectivity index (χ3v) is 5.05. The van der Waals surface area contributed by atoms with E-state index < -0.39 is 5.91 Å². The third kappa shape index (κ3) is 3.27. The average molecular weight is 367 g/mol. The number of aromatic nitrogens is 3. The number of carbonyl (C=O) groups is 1. The molecule has 4 rings (SSSR count). The summed E-state index contributed by atoms with van der Waals surface area (Å²) in [6, 6.07) is 6.57. The number of nitrogens with one attached hydrogen (secondary N) is 1. The molecule has 0 unspecified atom stereocenters. The van der Waals surface area contributed by atoms with Gasteiger partial charge in [-0.2, -0.15) is 5.10 Å². The molecular formula is C18H18FN7O. The van der Waals surface area contributed by atoms with E-state index in [4.69, 9.17) is 5.73 Å². The van der Waals surface area contributed by atoms with Crippen LogP contribution in [0.25, 0.3) is 0 Å². The Morgan fingerprint density at radius 2 is 2.07 bits per heavy atom. The maximum Gasteiger partial charge on any atom is 0.265 e. The molecule has 0 aromatic carbocycles. The van der Waals surface area contributed by atoms with E-state index in [-0.39, 0.29) is 23.4 Å². The number of nitrogens with two attached hydrogens (primary N) is 1. The Labute approximate surface area is 154 Å². The van der Waals surface area contributed by atoms with E-state index in [1.54, 1.807) is 24.4 Å². The van der Waals surface area contributed by atoms with Crippen LogP contribution in [-0.2, 0) is 10.2 Å². The smallest absolute Gasteiger partial charge is 0.265 e. The molecule has 1 amide bonds. The van der Waals surface area contributed by atoms with Crippen LogP contribution in [0.3, 0.4) is 0 Å². The first-order chi connectivity index (χ1) is 13.1. The van der Waals surface area contributed by atoms with Gasteiger partial charge < -0.3 is 11.1 Å². The van der Waals surface area contributed by atoms with Crippen LogP contribution in [0.4, 0.5) is 10.2 Å². The fraction of sp³-hybridized carbons (Fsp3) is 0.333. The van der Waals surface area contributed by atoms with Crippen molar-refractivity contribution in [3.63, 3.8) is 0 Å². The predicted molar refractivity (Wildman–Crippen MR) is 98.0 cm³/mol. The normalized spacial score (nSPS) is 17.7. The summed E-state index contributed by atoms with van der Waals surface area (Å²) in [5.74, 6) is -0.284. The molecule has 1 aliphatic heterocycles. The zero-order valence-electron chi connectivity index (χ0n) is 14.5. The van der Waals surface area contributed by atoms with Crippen molar-refractivity contribution in [2.75, 3.05) is 11.9 Å². The minimum absolute atomic E-state index is 0.207. The first-order valence-electron chi connectivity index (χ1n) is 8.70. The first kappa shape index (κ1) is 17.2. The average Bonchev–Trinajstić information content (AvgIpc) is 3.13. The second-order valence-electron chi connectivity index (χ2n) is 6.76. The number of pyridine rings is 1. The topological polar surface area (TPSA) is 119 Å². The number of carbonyl (C=O) groups excluding carboxylic acids is 1. The third-order valence-electron chi connectivity index (χ3n) is 5.05. The van der Waals surface area contributed by atoms with Crippen molar-refractivity contribution >= 4 is 23.1 Å². The Bertz CT molecular complexity index is 935. The summed E-state index contributed by atoms with van der Waals surface area (Å²) in [7, 11) is 0. The molecule has 2 aromatic heterocycles. The van der Waals surface area contributed by atoms with Crippen molar-refractivity contribution < 1.29 is 9.18 Å². The zero-order valence-corrected chi connectivity index (χ0v) is 14.5. The molecule has 138 valence electrons. The van der Waals surface area contributed by atoms with E-state index in [1.807, 2.05) is 0 Å². The van der Waals surface area contributed by atoms with Crippen molar-refractivity contribution in [1.29, 1.82) is 0 Å². The minimum atomic E-state index is -0.590. The highest BCUT2D eigenvalue weighted by atomic mass is 19.1. The standard InChI is InChI=1S/C18H18FN7O/c19-11-3-1-8-21-16(11)18(6-2-7-18)10-22-15-5-4-12(23-26-15)13-9-14(17(20)27)25-24-13/h1,3-5,8H,2,6-7,9-10H2,(H2,20,27)(H,22,26). The van der Waals surface area contributed by atoms with Gasteiger partial charge >= 0.3 is 0 Å². The molecule has 0 radical (unpaired) electrons. The van der Waals surface area contributed by atoms with Crippen LogP contribution in [0.1, 0.15) is 37.1 Å². The maximum absolute atomic E-state index is 14.2. The van der Waals surface area contributed by atoms with Crippen LogP contribution in [0.15, 0.2) is 40.7 Å². The van der Waals surface area contributed by atoms with Crippen molar-refractivity contribution in [3.8, 4) is 0 Å². The van der Waals surface area contributed by atoms with Gasteiger partial charge in [-0.15, -0.1) is 15.3 Å². The van der Waals surface area contributed by atoms with Crippen molar-refractivity contribution in [2.24, 2.45) is 15.9 Å². The molecule has 0 bridgehead atoms. The Hall–Kier alpha value is -3.23. The molecule has 9 heteroatoms. The summed E-state index contributed by atoms with van der Waals surface area (Å²) in [5.41, 5.74) is 6.68. The van der Waals surface area contributed by atoms with Crippen molar-refractivity contribution in [3.05, 3.63) is 47.7 Å². The Kier molecular flexibility index (Phi) is 4.35. The van der Waals surface area contributed by atoms with Gasteiger partial charge in [-0.05, 0) is 37.1 Å². The molecule has 27 heavy (non-hydrogen) atoms. The van der Waals surface area contributed by atoms with E-state index in [0.29, 0.717) is 29.5 Å². The maximum atomic E-state index is 14.2. The van der Waals surface area contributed by atoms with E-state index >= 15 is 0 Å². The Morgan fingerprint density at radius 1 is 1.22 bits per heavy atom. The number of primary amides is 1. The quantitative estimate of drug-likeness (QED) is 0.803. The summed E-state index contributed by atoms with van der Waals surface area (Å²) in [6.45, 7) is 0.533. The molecule has 3 heterocycles. The van der Waals surface area contributed by atoms with Crippen LogP contribution < -0.4 is 11.1 Å². The summed E-state index contributed by atoms with van der Waals surface area (Å²) >= 11 is 0. The number of halogens is 1. The minimum Gasteiger partial charge on any atom is -0.368 e. The fourth-order valence-corrected chi connectivity index (χ4v) is 3.35. The van der Waals surface area contributed by atoms with Crippen LogP contribution in [-0.4, -0.2) is 39.1 Å². The lowest BCUT2D eigenvalue weighted by Gasteiger charge is -2.41. The Morgan fingerprint density at radius 3 is 2.67 bits per heavy atom. The molecular weight excluding hydrogens is 349 g/mol. The monoisotopic (exact) mass is 367 g/mol. The van der Waals surface area contributed by atoms with Crippen molar-refractivity contribution in [1.82, 2.24) is 15.2 Å².